The molecule has 70 valence electrons. The van der Waals surface area contributed by atoms with Gasteiger partial charge in [-0.05, 0) is 40.5 Å². The molecule has 1 saturated carbocycles. The first-order valence-corrected chi connectivity index (χ1v) is 4.07. The molecule has 0 unspecified atom stereocenters. The van der Waals surface area contributed by atoms with E-state index in [2.05, 4.69) is 5.32 Å². The largest absolute Gasteiger partial charge is 0.444 e. The molecule has 1 aliphatic rings. The van der Waals surface area contributed by atoms with Gasteiger partial charge in [0.25, 0.3) is 0 Å². The van der Waals surface area contributed by atoms with Gasteiger partial charge in [0.2, 0.25) is 0 Å². The lowest BCUT2D eigenvalue weighted by Crippen LogP contribution is -2.38. The molecule has 1 aliphatic carbocycles. The van der Waals surface area contributed by atoms with Crippen molar-refractivity contribution in [3.63, 3.8) is 0 Å². The molecule has 0 aromatic carbocycles. The molecule has 0 aromatic rings. The lowest BCUT2D eigenvalue weighted by Gasteiger charge is -2.21. The number of hydrogen-bond acceptors (Lipinski definition) is 2. The number of carbonyl (C=O) groups is 1. The van der Waals surface area contributed by atoms with E-state index in [1.165, 1.54) is 0 Å². The van der Waals surface area contributed by atoms with E-state index in [9.17, 15) is 4.79 Å². The van der Waals surface area contributed by atoms with Crippen LogP contribution in [-0.4, -0.2) is 17.2 Å². The van der Waals surface area contributed by atoms with Crippen LogP contribution in [0.5, 0.6) is 0 Å². The van der Waals surface area contributed by atoms with Gasteiger partial charge in [-0.25, -0.2) is 4.79 Å². The third kappa shape index (κ3) is 3.11. The maximum absolute atomic E-state index is 11.4. The van der Waals surface area contributed by atoms with E-state index in [1.807, 2.05) is 0 Å². The molecule has 12 heavy (non-hydrogen) atoms. The first kappa shape index (κ1) is 5.84. The number of hydrogen-bond donors (Lipinski definition) is 1. The van der Waals surface area contributed by atoms with Gasteiger partial charge in [0.05, 0.1) is 0 Å². The van der Waals surface area contributed by atoms with E-state index < -0.39 is 24.1 Å². The monoisotopic (exact) mass is 174 g/mol. The Morgan fingerprint density at radius 1 is 1.58 bits per heavy atom. The highest BCUT2D eigenvalue weighted by molar-refractivity contribution is 5.69. The topological polar surface area (TPSA) is 38.3 Å². The van der Waals surface area contributed by atoms with Crippen molar-refractivity contribution in [2.45, 2.75) is 51.6 Å². The zero-order valence-corrected chi connectivity index (χ0v) is 7.73. The van der Waals surface area contributed by atoms with E-state index in [1.54, 1.807) is 20.8 Å². The van der Waals surface area contributed by atoms with Gasteiger partial charge in [-0.1, -0.05) is 0 Å². The van der Waals surface area contributed by atoms with Crippen molar-refractivity contribution >= 4 is 6.09 Å². The Labute approximate surface area is 77.7 Å². The van der Waals surface area contributed by atoms with Crippen LogP contribution in [0.3, 0.4) is 0 Å². The second kappa shape index (κ2) is 2.64. The lowest BCUT2D eigenvalue weighted by molar-refractivity contribution is 0.0502. The maximum Gasteiger partial charge on any atom is 0.408 e. The minimum Gasteiger partial charge on any atom is -0.444 e. The molecule has 3 nitrogen and oxygen atoms in total. The zero-order valence-electron chi connectivity index (χ0n) is 10.7. The quantitative estimate of drug-likeness (QED) is 0.660. The van der Waals surface area contributed by atoms with Crippen LogP contribution in [0.15, 0.2) is 0 Å². The van der Waals surface area contributed by atoms with Crippen LogP contribution >= 0.6 is 0 Å². The molecule has 0 spiro atoms. The smallest absolute Gasteiger partial charge is 0.408 e. The Morgan fingerprint density at radius 3 is 2.50 bits per heavy atom. The summed E-state index contributed by atoms with van der Waals surface area (Å²) in [7, 11) is 0. The summed E-state index contributed by atoms with van der Waals surface area (Å²) in [6, 6.07) is 0. The average molecular weight is 174 g/mol. The number of ether oxygens (including phenoxy) is 1. The summed E-state index contributed by atoms with van der Waals surface area (Å²) in [5.74, 6) is 0. The average Bonchev–Trinajstić information content (AvgIpc) is 2.61. The number of alkyl carbamates (subject to hydrolysis) is 1. The maximum atomic E-state index is 11.4. The summed E-state index contributed by atoms with van der Waals surface area (Å²) < 4.78 is 26.9. The molecule has 0 heterocycles. The fraction of sp³-hybridized carbons (Fsp3) is 0.889. The van der Waals surface area contributed by atoms with Crippen LogP contribution in [-0.2, 0) is 4.74 Å². The molecule has 0 aliphatic heterocycles. The van der Waals surface area contributed by atoms with Crippen molar-refractivity contribution in [3.05, 3.63) is 0 Å². The molecular weight excluding hydrogens is 154 g/mol. The highest BCUT2D eigenvalue weighted by atomic mass is 16.6. The van der Waals surface area contributed by atoms with Crippen LogP contribution in [0.1, 0.15) is 44.6 Å². The summed E-state index contributed by atoms with van der Waals surface area (Å²) in [5.41, 5.74) is -1.65. The molecule has 0 atom stereocenters. The summed E-state index contributed by atoms with van der Waals surface area (Å²) in [6.45, 7) is 3.06. The van der Waals surface area contributed by atoms with Crippen LogP contribution in [0, 0.1) is 0 Å². The molecule has 1 N–H and O–H groups in total. The van der Waals surface area contributed by atoms with Gasteiger partial charge in [-0.15, -0.1) is 0 Å². The Kier molecular flexibility index (Phi) is 1.29. The van der Waals surface area contributed by atoms with E-state index >= 15 is 0 Å². The molecule has 1 fully saturated rings. The zero-order chi connectivity index (χ0) is 11.9. The fourth-order valence-corrected chi connectivity index (χ4v) is 0.749. The molecule has 1 amide bonds. The number of nitrogens with one attached hydrogen (secondary N) is 1. The Bertz CT molecular complexity index is 264. The van der Waals surface area contributed by atoms with Crippen molar-refractivity contribution < 1.29 is 13.6 Å². The summed E-state index contributed by atoms with van der Waals surface area (Å²) in [5, 5.41) is 2.44. The standard InChI is InChI=1S/C9H17NO2/c1-8(2,3)12-7(11)10-9(4)5-6-9/h5-6H2,1-4H3,(H,10,11)/i4D3. The minimum atomic E-state index is -2.15. The Morgan fingerprint density at radius 2 is 2.17 bits per heavy atom. The fourth-order valence-electron chi connectivity index (χ4n) is 0.749. The Balaban J connectivity index is 2.53. The SMILES string of the molecule is [2H]C([2H])([2H])C1(NC(=O)OC(C)(C)C)CC1. The molecule has 0 aromatic heterocycles. The highest BCUT2D eigenvalue weighted by Gasteiger charge is 2.39. The van der Waals surface area contributed by atoms with Crippen molar-refractivity contribution in [2.24, 2.45) is 0 Å². The second-order valence-electron chi connectivity index (χ2n) is 4.21. The van der Waals surface area contributed by atoms with Crippen LogP contribution in [0.25, 0.3) is 0 Å². The minimum absolute atomic E-state index is 0.489. The van der Waals surface area contributed by atoms with Crippen molar-refractivity contribution in [1.29, 1.82) is 0 Å². The van der Waals surface area contributed by atoms with E-state index in [0.717, 1.165) is 0 Å². The van der Waals surface area contributed by atoms with E-state index in [4.69, 9.17) is 8.85 Å². The van der Waals surface area contributed by atoms with Gasteiger partial charge in [-0.2, -0.15) is 0 Å². The van der Waals surface area contributed by atoms with E-state index in [-0.39, 0.29) is 0 Å². The first-order chi connectivity index (χ1) is 6.56. The van der Waals surface area contributed by atoms with Gasteiger partial charge < -0.3 is 10.1 Å². The summed E-state index contributed by atoms with van der Waals surface area (Å²) in [4.78, 5) is 11.4. The second-order valence-corrected chi connectivity index (χ2v) is 4.21. The van der Waals surface area contributed by atoms with Gasteiger partial charge >= 0.3 is 6.09 Å². The summed E-state index contributed by atoms with van der Waals surface area (Å²) >= 11 is 0. The van der Waals surface area contributed by atoms with Crippen LogP contribution in [0.4, 0.5) is 4.79 Å². The number of amides is 1. The Hall–Kier alpha value is -0.730. The van der Waals surface area contributed by atoms with Gasteiger partial charge in [-0.3, -0.25) is 0 Å². The van der Waals surface area contributed by atoms with Gasteiger partial charge in [0.1, 0.15) is 5.60 Å². The molecule has 1 rings (SSSR count). The third-order valence-electron chi connectivity index (χ3n) is 1.49. The van der Waals surface area contributed by atoms with E-state index in [0.29, 0.717) is 12.8 Å². The van der Waals surface area contributed by atoms with Crippen molar-refractivity contribution in [2.75, 3.05) is 0 Å². The predicted molar refractivity (Wildman–Crippen MR) is 47.0 cm³/mol. The molecule has 0 saturated heterocycles. The highest BCUT2D eigenvalue weighted by Crippen LogP contribution is 2.34. The number of rotatable bonds is 1. The number of carbonyl (C=O) groups excluding carboxylic acids is 1. The normalized spacial score (nSPS) is 24.8. The van der Waals surface area contributed by atoms with Crippen LogP contribution in [0.2, 0.25) is 0 Å². The van der Waals surface area contributed by atoms with Crippen molar-refractivity contribution in [1.82, 2.24) is 5.32 Å². The molecular formula is C9H17NO2. The summed E-state index contributed by atoms with van der Waals surface area (Å²) in [6.07, 6.45) is 0.321. The lowest BCUT2D eigenvalue weighted by atomic mass is 10.2. The van der Waals surface area contributed by atoms with Gasteiger partial charge in [0.15, 0.2) is 0 Å². The first-order valence-electron chi connectivity index (χ1n) is 5.57. The molecule has 0 bridgehead atoms. The van der Waals surface area contributed by atoms with Gasteiger partial charge in [0, 0.05) is 9.65 Å². The van der Waals surface area contributed by atoms with Crippen LogP contribution < -0.4 is 5.32 Å². The predicted octanol–water partition coefficient (Wildman–Crippen LogP) is 2.06. The molecule has 3 heteroatoms. The van der Waals surface area contributed by atoms with Crippen molar-refractivity contribution in [3.8, 4) is 0 Å². The molecule has 0 radical (unpaired) electrons. The third-order valence-corrected chi connectivity index (χ3v) is 1.49.